The maximum Gasteiger partial charge on any atom is 0.331 e. The molecule has 0 saturated carbocycles. The molecule has 0 unspecified atom stereocenters. The maximum absolute atomic E-state index is 10.3. The quantitative estimate of drug-likeness (QED) is 0.575. The molecule has 1 aliphatic rings. The Kier molecular flexibility index (Phi) is 1.88. The van der Waals surface area contributed by atoms with E-state index in [0.717, 1.165) is 19.3 Å². The standard InChI is InChI=1S/C7H9O2/c8-7(9)6-4-2-1-3-5-6/h4-5H,1-3H2,(H,8,9). The molecular weight excluding hydrogens is 116 g/mol. The van der Waals surface area contributed by atoms with Gasteiger partial charge in [-0.15, -0.1) is 0 Å². The van der Waals surface area contributed by atoms with Gasteiger partial charge >= 0.3 is 5.97 Å². The second kappa shape index (κ2) is 2.67. The zero-order valence-electron chi connectivity index (χ0n) is 5.13. The SMILES string of the molecule is O=C(O)C1=CCCC[CH]1. The van der Waals surface area contributed by atoms with Gasteiger partial charge in [0, 0.05) is 5.57 Å². The summed E-state index contributed by atoms with van der Waals surface area (Å²) in [6.07, 6.45) is 6.46. The molecule has 1 radical (unpaired) electrons. The molecule has 0 aromatic carbocycles. The maximum atomic E-state index is 10.3. The van der Waals surface area contributed by atoms with Gasteiger partial charge in [-0.25, -0.2) is 4.79 Å². The molecule has 1 rings (SSSR count). The molecule has 0 bridgehead atoms. The zero-order valence-corrected chi connectivity index (χ0v) is 5.13. The lowest BCUT2D eigenvalue weighted by Gasteiger charge is -2.06. The first-order valence-electron chi connectivity index (χ1n) is 3.07. The second-order valence-electron chi connectivity index (χ2n) is 2.10. The number of hydrogen-bond donors (Lipinski definition) is 1. The first-order chi connectivity index (χ1) is 4.30. The number of hydrogen-bond acceptors (Lipinski definition) is 1. The molecule has 0 aromatic rings. The van der Waals surface area contributed by atoms with Crippen molar-refractivity contribution >= 4 is 5.97 Å². The molecule has 0 aromatic heterocycles. The van der Waals surface area contributed by atoms with Crippen LogP contribution in [-0.2, 0) is 4.79 Å². The third kappa shape index (κ3) is 1.56. The summed E-state index contributed by atoms with van der Waals surface area (Å²) in [5.74, 6) is -0.797. The van der Waals surface area contributed by atoms with Crippen LogP contribution < -0.4 is 0 Å². The first kappa shape index (κ1) is 6.33. The van der Waals surface area contributed by atoms with E-state index in [2.05, 4.69) is 0 Å². The fraction of sp³-hybridized carbons (Fsp3) is 0.429. The fourth-order valence-corrected chi connectivity index (χ4v) is 0.891. The summed E-state index contributed by atoms with van der Waals surface area (Å²) < 4.78 is 0. The Morgan fingerprint density at radius 3 is 2.67 bits per heavy atom. The van der Waals surface area contributed by atoms with E-state index < -0.39 is 5.97 Å². The van der Waals surface area contributed by atoms with Crippen molar-refractivity contribution < 1.29 is 9.90 Å². The molecule has 9 heavy (non-hydrogen) atoms. The van der Waals surface area contributed by atoms with E-state index in [1.807, 2.05) is 0 Å². The number of aliphatic carboxylic acids is 1. The summed E-state index contributed by atoms with van der Waals surface area (Å²) in [6.45, 7) is 0. The van der Waals surface area contributed by atoms with Crippen molar-refractivity contribution in [2.75, 3.05) is 0 Å². The molecular formula is C7H9O2. The fourth-order valence-electron chi connectivity index (χ4n) is 0.891. The summed E-state index contributed by atoms with van der Waals surface area (Å²) in [7, 11) is 0. The largest absolute Gasteiger partial charge is 0.478 e. The average Bonchev–Trinajstić information content (AvgIpc) is 1.90. The molecule has 0 aliphatic heterocycles. The lowest BCUT2D eigenvalue weighted by molar-refractivity contribution is -0.132. The molecule has 0 fully saturated rings. The Balaban J connectivity index is 2.57. The highest BCUT2D eigenvalue weighted by Crippen LogP contribution is 2.15. The van der Waals surface area contributed by atoms with E-state index in [1.165, 1.54) is 0 Å². The van der Waals surface area contributed by atoms with E-state index in [9.17, 15) is 4.79 Å². The summed E-state index contributed by atoms with van der Waals surface area (Å²) in [5, 5.41) is 8.44. The number of rotatable bonds is 1. The van der Waals surface area contributed by atoms with Gasteiger partial charge in [0.15, 0.2) is 0 Å². The Bertz CT molecular complexity index is 147. The van der Waals surface area contributed by atoms with E-state index >= 15 is 0 Å². The lowest BCUT2D eigenvalue weighted by Crippen LogP contribution is -2.03. The van der Waals surface area contributed by atoms with Gasteiger partial charge in [-0.3, -0.25) is 0 Å². The van der Waals surface area contributed by atoms with Crippen molar-refractivity contribution in [1.82, 2.24) is 0 Å². The first-order valence-corrected chi connectivity index (χ1v) is 3.07. The third-order valence-corrected chi connectivity index (χ3v) is 1.38. The lowest BCUT2D eigenvalue weighted by atomic mass is 10.0. The highest BCUT2D eigenvalue weighted by Gasteiger charge is 2.09. The van der Waals surface area contributed by atoms with E-state index in [-0.39, 0.29) is 0 Å². The number of carboxylic acids is 1. The molecule has 2 heteroatoms. The van der Waals surface area contributed by atoms with Crippen molar-refractivity contribution in [3.63, 3.8) is 0 Å². The summed E-state index contributed by atoms with van der Waals surface area (Å²) in [5.41, 5.74) is 0.473. The van der Waals surface area contributed by atoms with Gasteiger partial charge in [-0.1, -0.05) is 6.08 Å². The van der Waals surface area contributed by atoms with Crippen LogP contribution in [0.4, 0.5) is 0 Å². The Hall–Kier alpha value is -0.790. The van der Waals surface area contributed by atoms with Crippen molar-refractivity contribution in [2.45, 2.75) is 19.3 Å². The van der Waals surface area contributed by atoms with Gasteiger partial charge in [-0.2, -0.15) is 0 Å². The van der Waals surface area contributed by atoms with Crippen LogP contribution in [0.3, 0.4) is 0 Å². The van der Waals surface area contributed by atoms with Crippen LogP contribution in [0.5, 0.6) is 0 Å². The van der Waals surface area contributed by atoms with Gasteiger partial charge < -0.3 is 5.11 Å². The smallest absolute Gasteiger partial charge is 0.331 e. The Morgan fingerprint density at radius 2 is 2.33 bits per heavy atom. The van der Waals surface area contributed by atoms with Crippen LogP contribution in [0.25, 0.3) is 0 Å². The normalized spacial score (nSPS) is 18.9. The molecule has 0 atom stereocenters. The predicted octanol–water partition coefficient (Wildman–Crippen LogP) is 1.39. The Morgan fingerprint density at radius 1 is 1.56 bits per heavy atom. The van der Waals surface area contributed by atoms with Crippen LogP contribution in [0, 0.1) is 6.42 Å². The van der Waals surface area contributed by atoms with Gasteiger partial charge in [0.25, 0.3) is 0 Å². The monoisotopic (exact) mass is 125 g/mol. The molecule has 0 spiro atoms. The highest BCUT2D eigenvalue weighted by molar-refractivity contribution is 5.89. The highest BCUT2D eigenvalue weighted by atomic mass is 16.4. The van der Waals surface area contributed by atoms with Crippen LogP contribution in [-0.4, -0.2) is 11.1 Å². The van der Waals surface area contributed by atoms with Crippen molar-refractivity contribution in [1.29, 1.82) is 0 Å². The van der Waals surface area contributed by atoms with E-state index in [0.29, 0.717) is 5.57 Å². The number of carboxylic acid groups (broad SMARTS) is 1. The Labute approximate surface area is 54.2 Å². The second-order valence-corrected chi connectivity index (χ2v) is 2.10. The summed E-state index contributed by atoms with van der Waals surface area (Å²) in [4.78, 5) is 10.3. The van der Waals surface area contributed by atoms with Crippen molar-refractivity contribution in [2.24, 2.45) is 0 Å². The van der Waals surface area contributed by atoms with Crippen molar-refractivity contribution in [3.05, 3.63) is 18.1 Å². The van der Waals surface area contributed by atoms with E-state index in [1.54, 1.807) is 12.5 Å². The number of allylic oxidation sites excluding steroid dienone is 1. The average molecular weight is 125 g/mol. The van der Waals surface area contributed by atoms with Gasteiger partial charge in [0.2, 0.25) is 0 Å². The van der Waals surface area contributed by atoms with Crippen molar-refractivity contribution in [3.8, 4) is 0 Å². The molecule has 0 amide bonds. The van der Waals surface area contributed by atoms with Gasteiger partial charge in [0.05, 0.1) is 0 Å². The summed E-state index contributed by atoms with van der Waals surface area (Å²) >= 11 is 0. The topological polar surface area (TPSA) is 37.3 Å². The minimum Gasteiger partial charge on any atom is -0.478 e. The third-order valence-electron chi connectivity index (χ3n) is 1.38. The van der Waals surface area contributed by atoms with Gasteiger partial charge in [-0.05, 0) is 25.7 Å². The van der Waals surface area contributed by atoms with Crippen LogP contribution in [0.1, 0.15) is 19.3 Å². The van der Waals surface area contributed by atoms with Crippen LogP contribution in [0.15, 0.2) is 11.6 Å². The minimum atomic E-state index is -0.797. The molecule has 0 heterocycles. The molecule has 1 N–H and O–H groups in total. The molecule has 49 valence electrons. The zero-order chi connectivity index (χ0) is 6.69. The van der Waals surface area contributed by atoms with E-state index in [4.69, 9.17) is 5.11 Å². The summed E-state index contributed by atoms with van der Waals surface area (Å²) in [6, 6.07) is 0. The number of carbonyl (C=O) groups is 1. The molecule has 2 nitrogen and oxygen atoms in total. The predicted molar refractivity (Wildman–Crippen MR) is 33.9 cm³/mol. The van der Waals surface area contributed by atoms with Crippen LogP contribution >= 0.6 is 0 Å². The molecule has 0 saturated heterocycles. The minimum absolute atomic E-state index is 0.473. The van der Waals surface area contributed by atoms with Gasteiger partial charge in [0.1, 0.15) is 0 Å². The van der Waals surface area contributed by atoms with Crippen LogP contribution in [0.2, 0.25) is 0 Å². The molecule has 1 aliphatic carbocycles.